The number of urea groups is 1. The van der Waals surface area contributed by atoms with Gasteiger partial charge in [-0.15, -0.1) is 0 Å². The molecule has 1 N–H and O–H groups in total. The van der Waals surface area contributed by atoms with Crippen LogP contribution in [0.4, 0.5) is 4.79 Å². The summed E-state index contributed by atoms with van der Waals surface area (Å²) in [7, 11) is 0. The van der Waals surface area contributed by atoms with E-state index in [0.29, 0.717) is 16.5 Å². The summed E-state index contributed by atoms with van der Waals surface area (Å²) < 4.78 is 6.69. The molecule has 3 fully saturated rings. The van der Waals surface area contributed by atoms with E-state index in [-0.39, 0.29) is 37.0 Å². The second-order valence-corrected chi connectivity index (χ2v) is 7.88. The third kappa shape index (κ3) is 2.37. The average Bonchev–Trinajstić information content (AvgIpc) is 3.30. The molecule has 0 bridgehead atoms. The zero-order valence-electron chi connectivity index (χ0n) is 14.4. The SMILES string of the molecule is O=C1N[C@@H]2CCC3(CC3)C[C@@H]2C(=O)N1CCn1c(=O)oc2ccccc21. The van der Waals surface area contributed by atoms with Crippen molar-refractivity contribution in [3.63, 3.8) is 0 Å². The van der Waals surface area contributed by atoms with Crippen LogP contribution in [-0.2, 0) is 11.3 Å². The van der Waals surface area contributed by atoms with Gasteiger partial charge in [0.2, 0.25) is 5.91 Å². The van der Waals surface area contributed by atoms with Crippen LogP contribution in [-0.4, -0.2) is 34.0 Å². The molecule has 0 radical (unpaired) electrons. The van der Waals surface area contributed by atoms with E-state index in [0.717, 1.165) is 19.3 Å². The van der Waals surface area contributed by atoms with E-state index in [1.165, 1.54) is 22.3 Å². The minimum atomic E-state index is -0.469. The molecule has 2 saturated carbocycles. The molecule has 1 aromatic carbocycles. The fourth-order valence-corrected chi connectivity index (χ4v) is 4.61. The monoisotopic (exact) mass is 355 g/mol. The quantitative estimate of drug-likeness (QED) is 0.914. The van der Waals surface area contributed by atoms with Crippen molar-refractivity contribution in [3.8, 4) is 0 Å². The number of para-hydroxylation sites is 2. The number of hydrogen-bond donors (Lipinski definition) is 1. The van der Waals surface area contributed by atoms with Crippen LogP contribution in [0.25, 0.3) is 11.1 Å². The number of oxazole rings is 1. The molecule has 2 aliphatic carbocycles. The summed E-state index contributed by atoms with van der Waals surface area (Å²) in [6.07, 6.45) is 5.28. The molecule has 7 heteroatoms. The first kappa shape index (κ1) is 15.7. The second kappa shape index (κ2) is 5.46. The molecule has 1 aliphatic heterocycles. The highest BCUT2D eigenvalue weighted by Gasteiger charge is 2.53. The number of nitrogens with zero attached hydrogens (tertiary/aromatic N) is 2. The fourth-order valence-electron chi connectivity index (χ4n) is 4.61. The zero-order valence-corrected chi connectivity index (χ0v) is 14.4. The minimum absolute atomic E-state index is 0.0325. The van der Waals surface area contributed by atoms with E-state index in [4.69, 9.17) is 4.42 Å². The van der Waals surface area contributed by atoms with E-state index in [2.05, 4.69) is 5.32 Å². The minimum Gasteiger partial charge on any atom is -0.408 e. The first-order valence-electron chi connectivity index (χ1n) is 9.27. The molecule has 2 aromatic rings. The lowest BCUT2D eigenvalue weighted by molar-refractivity contribution is -0.137. The highest BCUT2D eigenvalue weighted by molar-refractivity contribution is 5.98. The fraction of sp³-hybridized carbons (Fsp3) is 0.526. The molecule has 1 saturated heterocycles. The number of carbonyl (C=O) groups excluding carboxylic acids is 2. The number of imide groups is 1. The molecule has 7 nitrogen and oxygen atoms in total. The number of aromatic nitrogens is 1. The Bertz CT molecular complexity index is 955. The van der Waals surface area contributed by atoms with Crippen LogP contribution in [0, 0.1) is 11.3 Å². The van der Waals surface area contributed by atoms with Crippen molar-refractivity contribution in [2.24, 2.45) is 11.3 Å². The van der Waals surface area contributed by atoms with Gasteiger partial charge < -0.3 is 9.73 Å². The van der Waals surface area contributed by atoms with Gasteiger partial charge in [-0.3, -0.25) is 14.3 Å². The van der Waals surface area contributed by atoms with E-state index >= 15 is 0 Å². The Morgan fingerprint density at radius 2 is 1.92 bits per heavy atom. The molecule has 3 aliphatic rings. The lowest BCUT2D eigenvalue weighted by atomic mass is 9.74. The first-order valence-corrected chi connectivity index (χ1v) is 9.27. The van der Waals surface area contributed by atoms with Gasteiger partial charge in [0.25, 0.3) is 0 Å². The standard InChI is InChI=1S/C19H21N3O4/c23-16-12-11-19(7-8-19)6-5-13(12)20-17(24)22(16)10-9-21-14-3-1-2-4-15(14)26-18(21)25/h1-4,12-13H,5-11H2,(H,20,24)/t12-,13+/m0/s1. The molecule has 3 amide bonds. The maximum Gasteiger partial charge on any atom is 0.420 e. The Hall–Kier alpha value is -2.57. The highest BCUT2D eigenvalue weighted by atomic mass is 16.4. The van der Waals surface area contributed by atoms with Crippen molar-refractivity contribution in [2.45, 2.75) is 44.7 Å². The zero-order chi connectivity index (χ0) is 17.9. The van der Waals surface area contributed by atoms with Gasteiger partial charge in [0, 0.05) is 19.1 Å². The number of carbonyl (C=O) groups is 2. The Kier molecular flexibility index (Phi) is 3.29. The predicted molar refractivity (Wildman–Crippen MR) is 93.5 cm³/mol. The molecule has 2 heterocycles. The lowest BCUT2D eigenvalue weighted by Gasteiger charge is -2.42. The summed E-state index contributed by atoms with van der Waals surface area (Å²) in [6.45, 7) is 0.405. The first-order chi connectivity index (χ1) is 12.6. The molecule has 0 unspecified atom stereocenters. The maximum atomic E-state index is 12.9. The Morgan fingerprint density at radius 3 is 2.73 bits per heavy atom. The number of rotatable bonds is 3. The van der Waals surface area contributed by atoms with Crippen molar-refractivity contribution < 1.29 is 14.0 Å². The molecule has 1 spiro atoms. The van der Waals surface area contributed by atoms with Crippen molar-refractivity contribution in [1.82, 2.24) is 14.8 Å². The molecule has 2 atom stereocenters. The Balaban J connectivity index is 1.36. The molecule has 136 valence electrons. The van der Waals surface area contributed by atoms with Crippen LogP contribution in [0.1, 0.15) is 32.1 Å². The van der Waals surface area contributed by atoms with Crippen LogP contribution in [0.2, 0.25) is 0 Å². The van der Waals surface area contributed by atoms with E-state index < -0.39 is 5.76 Å². The molecular weight excluding hydrogens is 334 g/mol. The van der Waals surface area contributed by atoms with Crippen LogP contribution in [0.15, 0.2) is 33.5 Å². The number of hydrogen-bond acceptors (Lipinski definition) is 4. The third-order valence-electron chi connectivity index (χ3n) is 6.34. The van der Waals surface area contributed by atoms with E-state index in [1.54, 1.807) is 18.2 Å². The maximum absolute atomic E-state index is 12.9. The number of nitrogens with one attached hydrogen (secondary N) is 1. The molecule has 26 heavy (non-hydrogen) atoms. The van der Waals surface area contributed by atoms with Gasteiger partial charge in [-0.2, -0.15) is 0 Å². The predicted octanol–water partition coefficient (Wildman–Crippen LogP) is 2.10. The van der Waals surface area contributed by atoms with Crippen LogP contribution in [0.5, 0.6) is 0 Å². The summed E-state index contributed by atoms with van der Waals surface area (Å²) in [5.41, 5.74) is 1.53. The summed E-state index contributed by atoms with van der Waals surface area (Å²) in [5.74, 6) is -0.684. The second-order valence-electron chi connectivity index (χ2n) is 7.88. The van der Waals surface area contributed by atoms with Crippen molar-refractivity contribution >= 4 is 23.0 Å². The van der Waals surface area contributed by atoms with Gasteiger partial charge in [0.1, 0.15) is 0 Å². The highest BCUT2D eigenvalue weighted by Crippen LogP contribution is 2.58. The van der Waals surface area contributed by atoms with Gasteiger partial charge in [-0.1, -0.05) is 12.1 Å². The van der Waals surface area contributed by atoms with Crippen LogP contribution >= 0.6 is 0 Å². The Morgan fingerprint density at radius 1 is 1.12 bits per heavy atom. The van der Waals surface area contributed by atoms with Gasteiger partial charge >= 0.3 is 11.8 Å². The van der Waals surface area contributed by atoms with Crippen LogP contribution in [0.3, 0.4) is 0 Å². The summed E-state index contributed by atoms with van der Waals surface area (Å²) in [6, 6.07) is 6.78. The third-order valence-corrected chi connectivity index (χ3v) is 6.34. The van der Waals surface area contributed by atoms with Crippen molar-refractivity contribution in [1.29, 1.82) is 0 Å². The average molecular weight is 355 g/mol. The summed E-state index contributed by atoms with van der Waals surface area (Å²) >= 11 is 0. The number of amides is 3. The van der Waals surface area contributed by atoms with E-state index in [9.17, 15) is 14.4 Å². The molecule has 1 aromatic heterocycles. The lowest BCUT2D eigenvalue weighted by Crippen LogP contribution is -2.62. The van der Waals surface area contributed by atoms with Crippen LogP contribution < -0.4 is 11.1 Å². The van der Waals surface area contributed by atoms with Gasteiger partial charge in [0.05, 0.1) is 11.4 Å². The molecular formula is C19H21N3O4. The number of fused-ring (bicyclic) bond motifs is 2. The normalized spacial score (nSPS) is 26.8. The van der Waals surface area contributed by atoms with Gasteiger partial charge in [0.15, 0.2) is 5.58 Å². The number of benzene rings is 1. The molecule has 5 rings (SSSR count). The van der Waals surface area contributed by atoms with Crippen molar-refractivity contribution in [2.75, 3.05) is 6.54 Å². The largest absolute Gasteiger partial charge is 0.420 e. The van der Waals surface area contributed by atoms with Crippen molar-refractivity contribution in [3.05, 3.63) is 34.8 Å². The van der Waals surface area contributed by atoms with Gasteiger partial charge in [-0.25, -0.2) is 9.59 Å². The summed E-state index contributed by atoms with van der Waals surface area (Å²) in [5, 5.41) is 3.00. The summed E-state index contributed by atoms with van der Waals surface area (Å²) in [4.78, 5) is 38.7. The topological polar surface area (TPSA) is 84.5 Å². The Labute approximate surface area is 149 Å². The smallest absolute Gasteiger partial charge is 0.408 e. The van der Waals surface area contributed by atoms with Gasteiger partial charge in [-0.05, 0) is 49.7 Å². The van der Waals surface area contributed by atoms with E-state index in [1.807, 2.05) is 6.07 Å².